The topological polar surface area (TPSA) is 60.6 Å². The highest BCUT2D eigenvalue weighted by Crippen LogP contribution is 2.21. The summed E-state index contributed by atoms with van der Waals surface area (Å²) < 4.78 is 3.79. The Morgan fingerprint density at radius 3 is 2.82 bits per heavy atom. The molecule has 0 saturated carbocycles. The van der Waals surface area contributed by atoms with Crippen molar-refractivity contribution in [2.45, 2.75) is 33.0 Å². The van der Waals surface area contributed by atoms with Gasteiger partial charge in [0.25, 0.3) is 0 Å². The van der Waals surface area contributed by atoms with E-state index in [2.05, 4.69) is 52.5 Å². The van der Waals surface area contributed by atoms with Crippen molar-refractivity contribution in [3.8, 4) is 5.69 Å². The molecule has 22 heavy (non-hydrogen) atoms. The maximum Gasteiger partial charge on any atom is 0.140 e. The highest BCUT2D eigenvalue weighted by Gasteiger charge is 2.12. The molecule has 2 aromatic heterocycles. The normalized spacial score (nSPS) is 12.5. The van der Waals surface area contributed by atoms with Crippen LogP contribution in [0.3, 0.4) is 0 Å². The van der Waals surface area contributed by atoms with Gasteiger partial charge in [-0.2, -0.15) is 10.2 Å². The molecule has 0 bridgehead atoms. The average molecular weight is 296 g/mol. The number of para-hydroxylation sites is 1. The first-order valence-electron chi connectivity index (χ1n) is 7.48. The Hall–Kier alpha value is -2.47. The zero-order valence-electron chi connectivity index (χ0n) is 12.8. The molecule has 0 saturated heterocycles. The fraction of sp³-hybridized carbons (Fsp3) is 0.312. The largest absolute Gasteiger partial charge is 0.303 e. The number of aromatic nitrogens is 5. The van der Waals surface area contributed by atoms with Crippen LogP contribution in [0.15, 0.2) is 49.1 Å². The summed E-state index contributed by atoms with van der Waals surface area (Å²) in [6, 6.07) is 10.4. The van der Waals surface area contributed by atoms with Crippen molar-refractivity contribution in [3.05, 3.63) is 60.4 Å². The van der Waals surface area contributed by atoms with Crippen LogP contribution in [-0.2, 0) is 13.1 Å². The summed E-state index contributed by atoms with van der Waals surface area (Å²) in [5.74, 6) is 0.950. The van der Waals surface area contributed by atoms with Gasteiger partial charge in [-0.25, -0.2) is 14.3 Å². The quantitative estimate of drug-likeness (QED) is 0.758. The van der Waals surface area contributed by atoms with E-state index >= 15 is 0 Å². The van der Waals surface area contributed by atoms with Gasteiger partial charge in [0, 0.05) is 25.0 Å². The van der Waals surface area contributed by atoms with Gasteiger partial charge in [0.05, 0.1) is 12.2 Å². The van der Waals surface area contributed by atoms with Crippen LogP contribution in [0, 0.1) is 0 Å². The highest BCUT2D eigenvalue weighted by atomic mass is 15.3. The van der Waals surface area contributed by atoms with Gasteiger partial charge < -0.3 is 5.32 Å². The molecule has 0 radical (unpaired) electrons. The minimum absolute atomic E-state index is 0.183. The van der Waals surface area contributed by atoms with E-state index in [1.807, 2.05) is 27.7 Å². The molecule has 0 aliphatic carbocycles. The van der Waals surface area contributed by atoms with Gasteiger partial charge in [0.2, 0.25) is 0 Å². The lowest BCUT2D eigenvalue weighted by Crippen LogP contribution is -2.22. The van der Waals surface area contributed by atoms with Crippen molar-refractivity contribution in [2.75, 3.05) is 0 Å². The third kappa shape index (κ3) is 2.92. The van der Waals surface area contributed by atoms with Crippen molar-refractivity contribution >= 4 is 0 Å². The molecule has 3 rings (SSSR count). The molecule has 1 atom stereocenters. The number of nitrogens with zero attached hydrogens (tertiary/aromatic N) is 5. The Morgan fingerprint density at radius 1 is 1.18 bits per heavy atom. The molecule has 0 fully saturated rings. The van der Waals surface area contributed by atoms with Gasteiger partial charge >= 0.3 is 0 Å². The summed E-state index contributed by atoms with van der Waals surface area (Å²) in [7, 11) is 0. The van der Waals surface area contributed by atoms with E-state index in [0.717, 1.165) is 18.1 Å². The van der Waals surface area contributed by atoms with E-state index in [4.69, 9.17) is 0 Å². The van der Waals surface area contributed by atoms with E-state index < -0.39 is 0 Å². The number of hydrogen-bond acceptors (Lipinski definition) is 4. The molecule has 1 unspecified atom stereocenters. The second-order valence-corrected chi connectivity index (χ2v) is 5.10. The molecule has 6 nitrogen and oxygen atoms in total. The molecule has 0 spiro atoms. The van der Waals surface area contributed by atoms with Gasteiger partial charge in [-0.05, 0) is 31.5 Å². The molecular weight excluding hydrogens is 276 g/mol. The molecule has 0 aliphatic rings. The standard InChI is InChI=1S/C16H20N6/c1-3-21-16(18-12-20-21)11-17-13(2)14-7-4-5-8-15(14)22-10-6-9-19-22/h4-10,12-13,17H,3,11H2,1-2H3. The zero-order chi connectivity index (χ0) is 15.4. The lowest BCUT2D eigenvalue weighted by molar-refractivity contribution is 0.522. The Balaban J connectivity index is 1.77. The van der Waals surface area contributed by atoms with Crippen LogP contribution in [0.1, 0.15) is 31.3 Å². The number of aryl methyl sites for hydroxylation is 1. The molecule has 2 heterocycles. The van der Waals surface area contributed by atoms with Crippen LogP contribution in [0.4, 0.5) is 0 Å². The summed E-state index contributed by atoms with van der Waals surface area (Å²) in [6.45, 7) is 5.72. The predicted octanol–water partition coefficient (Wildman–Crippen LogP) is 2.33. The Labute approximate surface area is 129 Å². The molecule has 1 aromatic carbocycles. The summed E-state index contributed by atoms with van der Waals surface area (Å²) in [6.07, 6.45) is 5.35. The minimum Gasteiger partial charge on any atom is -0.303 e. The minimum atomic E-state index is 0.183. The number of rotatable bonds is 6. The zero-order valence-corrected chi connectivity index (χ0v) is 12.8. The van der Waals surface area contributed by atoms with Crippen molar-refractivity contribution in [1.29, 1.82) is 0 Å². The van der Waals surface area contributed by atoms with Crippen molar-refractivity contribution < 1.29 is 0 Å². The van der Waals surface area contributed by atoms with Crippen molar-refractivity contribution in [2.24, 2.45) is 0 Å². The monoisotopic (exact) mass is 296 g/mol. The molecule has 1 N–H and O–H groups in total. The summed E-state index contributed by atoms with van der Waals surface area (Å²) >= 11 is 0. The second-order valence-electron chi connectivity index (χ2n) is 5.10. The lowest BCUT2D eigenvalue weighted by atomic mass is 10.1. The Morgan fingerprint density at radius 2 is 2.05 bits per heavy atom. The fourth-order valence-electron chi connectivity index (χ4n) is 2.52. The number of nitrogens with one attached hydrogen (secondary N) is 1. The first kappa shape index (κ1) is 14.5. The maximum absolute atomic E-state index is 4.33. The first-order chi connectivity index (χ1) is 10.8. The first-order valence-corrected chi connectivity index (χ1v) is 7.48. The third-order valence-electron chi connectivity index (χ3n) is 3.72. The molecular formula is C16H20N6. The van der Waals surface area contributed by atoms with E-state index in [1.165, 1.54) is 5.56 Å². The van der Waals surface area contributed by atoms with E-state index in [-0.39, 0.29) is 6.04 Å². The number of benzene rings is 1. The molecule has 0 amide bonds. The van der Waals surface area contributed by atoms with Crippen LogP contribution in [0.2, 0.25) is 0 Å². The van der Waals surface area contributed by atoms with Gasteiger partial charge in [-0.1, -0.05) is 18.2 Å². The summed E-state index contributed by atoms with van der Waals surface area (Å²) in [4.78, 5) is 4.30. The van der Waals surface area contributed by atoms with Gasteiger partial charge in [-0.3, -0.25) is 0 Å². The Bertz CT molecular complexity index is 716. The SMILES string of the molecule is CCn1ncnc1CNC(C)c1ccccc1-n1cccn1. The lowest BCUT2D eigenvalue weighted by Gasteiger charge is -2.18. The molecule has 3 aromatic rings. The van der Waals surface area contributed by atoms with Gasteiger partial charge in [-0.15, -0.1) is 0 Å². The third-order valence-corrected chi connectivity index (χ3v) is 3.72. The second kappa shape index (κ2) is 6.53. The Kier molecular flexibility index (Phi) is 4.29. The summed E-state index contributed by atoms with van der Waals surface area (Å²) in [5, 5.41) is 12.0. The van der Waals surface area contributed by atoms with Crippen molar-refractivity contribution in [3.63, 3.8) is 0 Å². The van der Waals surface area contributed by atoms with Gasteiger partial charge in [0.15, 0.2) is 0 Å². The molecule has 114 valence electrons. The van der Waals surface area contributed by atoms with Crippen LogP contribution in [0.5, 0.6) is 0 Å². The summed E-state index contributed by atoms with van der Waals surface area (Å²) in [5.41, 5.74) is 2.29. The van der Waals surface area contributed by atoms with Crippen LogP contribution in [0.25, 0.3) is 5.69 Å². The maximum atomic E-state index is 4.33. The van der Waals surface area contributed by atoms with Crippen molar-refractivity contribution in [1.82, 2.24) is 29.9 Å². The van der Waals surface area contributed by atoms with Crippen LogP contribution < -0.4 is 5.32 Å². The van der Waals surface area contributed by atoms with E-state index in [1.54, 1.807) is 12.5 Å². The fourth-order valence-corrected chi connectivity index (χ4v) is 2.52. The smallest absolute Gasteiger partial charge is 0.140 e. The van der Waals surface area contributed by atoms with Crippen LogP contribution in [-0.4, -0.2) is 24.5 Å². The molecule has 0 aliphatic heterocycles. The number of hydrogen-bond donors (Lipinski definition) is 1. The van der Waals surface area contributed by atoms with E-state index in [0.29, 0.717) is 6.54 Å². The van der Waals surface area contributed by atoms with E-state index in [9.17, 15) is 0 Å². The van der Waals surface area contributed by atoms with Gasteiger partial charge in [0.1, 0.15) is 12.2 Å². The predicted molar refractivity (Wildman–Crippen MR) is 84.5 cm³/mol. The van der Waals surface area contributed by atoms with Crippen LogP contribution >= 0.6 is 0 Å². The molecule has 6 heteroatoms. The highest BCUT2D eigenvalue weighted by molar-refractivity contribution is 5.42. The average Bonchev–Trinajstić information content (AvgIpc) is 3.23.